The number of hydrogen-bond donors (Lipinski definition) is 1. The van der Waals surface area contributed by atoms with Crippen LogP contribution in [0.1, 0.15) is 11.1 Å². The summed E-state index contributed by atoms with van der Waals surface area (Å²) in [6.07, 6.45) is 4.91. The maximum atomic E-state index is 10.5. The normalized spacial score (nSPS) is 10.5. The fourth-order valence-corrected chi connectivity index (χ4v) is 1.17. The van der Waals surface area contributed by atoms with Gasteiger partial charge in [-0.15, -0.1) is 0 Å². The Morgan fingerprint density at radius 2 is 2.27 bits per heavy atom. The maximum Gasteiger partial charge on any atom is 0.270 e. The first kappa shape index (κ1) is 11.1. The van der Waals surface area contributed by atoms with Gasteiger partial charge in [0.25, 0.3) is 5.69 Å². The van der Waals surface area contributed by atoms with Crippen molar-refractivity contribution in [1.29, 1.82) is 0 Å². The standard InChI is InChI=1S/C11H11NO3/c1-2-3-4-9-7-11(12(14)15)6-5-10(9)8-13/h2-7,13H,1,8H2/b4-3+. The van der Waals surface area contributed by atoms with Crippen LogP contribution in [0.2, 0.25) is 0 Å². The van der Waals surface area contributed by atoms with E-state index in [2.05, 4.69) is 6.58 Å². The van der Waals surface area contributed by atoms with E-state index in [0.29, 0.717) is 11.1 Å². The molecule has 1 aromatic rings. The van der Waals surface area contributed by atoms with Gasteiger partial charge >= 0.3 is 0 Å². The maximum absolute atomic E-state index is 10.5. The summed E-state index contributed by atoms with van der Waals surface area (Å²) in [4.78, 5) is 10.1. The number of aliphatic hydroxyl groups excluding tert-OH is 1. The van der Waals surface area contributed by atoms with Crippen molar-refractivity contribution in [2.24, 2.45) is 0 Å². The van der Waals surface area contributed by atoms with Crippen LogP contribution in [0, 0.1) is 10.1 Å². The van der Waals surface area contributed by atoms with Crippen molar-refractivity contribution in [3.63, 3.8) is 0 Å². The number of nitrogens with zero attached hydrogens (tertiary/aromatic N) is 1. The monoisotopic (exact) mass is 205 g/mol. The van der Waals surface area contributed by atoms with Crippen LogP contribution in [0.25, 0.3) is 6.08 Å². The molecule has 0 atom stereocenters. The Kier molecular flexibility index (Phi) is 3.76. The number of rotatable bonds is 4. The molecule has 0 saturated heterocycles. The van der Waals surface area contributed by atoms with Gasteiger partial charge in [0.05, 0.1) is 11.5 Å². The minimum absolute atomic E-state index is 0.0101. The molecule has 0 fully saturated rings. The Morgan fingerprint density at radius 3 is 2.80 bits per heavy atom. The first-order valence-corrected chi connectivity index (χ1v) is 4.36. The number of allylic oxidation sites excluding steroid dienone is 2. The molecule has 0 spiro atoms. The third kappa shape index (κ3) is 2.75. The first-order valence-electron chi connectivity index (χ1n) is 4.36. The Balaban J connectivity index is 3.18. The van der Waals surface area contributed by atoms with Gasteiger partial charge in [-0.2, -0.15) is 0 Å². The lowest BCUT2D eigenvalue weighted by atomic mass is 10.1. The van der Waals surface area contributed by atoms with Crippen LogP contribution in [0.5, 0.6) is 0 Å². The highest BCUT2D eigenvalue weighted by molar-refractivity contribution is 5.58. The summed E-state index contributed by atoms with van der Waals surface area (Å²) in [5, 5.41) is 19.5. The van der Waals surface area contributed by atoms with E-state index in [1.807, 2.05) is 0 Å². The first-order chi connectivity index (χ1) is 7.19. The van der Waals surface area contributed by atoms with Gasteiger partial charge in [-0.3, -0.25) is 10.1 Å². The molecule has 1 N–H and O–H groups in total. The summed E-state index contributed by atoms with van der Waals surface area (Å²) in [6, 6.07) is 4.34. The second-order valence-corrected chi connectivity index (χ2v) is 2.89. The summed E-state index contributed by atoms with van der Waals surface area (Å²) >= 11 is 0. The van der Waals surface area contributed by atoms with Crippen molar-refractivity contribution in [3.05, 3.63) is 58.2 Å². The van der Waals surface area contributed by atoms with Gasteiger partial charge in [-0.05, 0) is 17.2 Å². The molecule has 1 rings (SSSR count). The zero-order chi connectivity index (χ0) is 11.3. The molecule has 0 aliphatic heterocycles. The molecule has 0 aliphatic carbocycles. The minimum atomic E-state index is -0.466. The Labute approximate surface area is 87.3 Å². The van der Waals surface area contributed by atoms with Crippen molar-refractivity contribution >= 4 is 11.8 Å². The molecule has 4 heteroatoms. The van der Waals surface area contributed by atoms with Crippen molar-refractivity contribution < 1.29 is 10.0 Å². The summed E-state index contributed by atoms with van der Waals surface area (Å²) in [7, 11) is 0. The minimum Gasteiger partial charge on any atom is -0.392 e. The lowest BCUT2D eigenvalue weighted by Crippen LogP contribution is -1.93. The molecule has 0 unspecified atom stereocenters. The second-order valence-electron chi connectivity index (χ2n) is 2.89. The zero-order valence-electron chi connectivity index (χ0n) is 8.09. The van der Waals surface area contributed by atoms with E-state index >= 15 is 0 Å². The molecule has 1 aromatic carbocycles. The number of nitro benzene ring substituents is 1. The molecular formula is C11H11NO3. The van der Waals surface area contributed by atoms with Crippen LogP contribution in [-0.4, -0.2) is 10.0 Å². The molecule has 0 amide bonds. The number of benzene rings is 1. The molecule has 15 heavy (non-hydrogen) atoms. The van der Waals surface area contributed by atoms with Crippen LogP contribution < -0.4 is 0 Å². The number of non-ortho nitro benzene ring substituents is 1. The largest absolute Gasteiger partial charge is 0.392 e. The molecule has 0 bridgehead atoms. The van der Waals surface area contributed by atoms with E-state index in [4.69, 9.17) is 5.11 Å². The molecule has 78 valence electrons. The molecule has 4 nitrogen and oxygen atoms in total. The predicted octanol–water partition coefficient (Wildman–Crippen LogP) is 2.29. The third-order valence-electron chi connectivity index (χ3n) is 1.92. The molecule has 0 aromatic heterocycles. The van der Waals surface area contributed by atoms with Crippen LogP contribution >= 0.6 is 0 Å². The summed E-state index contributed by atoms with van der Waals surface area (Å²) in [5.41, 5.74) is 1.29. The lowest BCUT2D eigenvalue weighted by molar-refractivity contribution is -0.384. The molecule has 0 heterocycles. The highest BCUT2D eigenvalue weighted by atomic mass is 16.6. The zero-order valence-corrected chi connectivity index (χ0v) is 8.09. The van der Waals surface area contributed by atoms with Crippen molar-refractivity contribution in [1.82, 2.24) is 0 Å². The highest BCUT2D eigenvalue weighted by Gasteiger charge is 2.07. The van der Waals surface area contributed by atoms with Gasteiger partial charge in [0.2, 0.25) is 0 Å². The van der Waals surface area contributed by atoms with Crippen molar-refractivity contribution in [2.45, 2.75) is 6.61 Å². The number of aliphatic hydroxyl groups is 1. The molecule has 0 aliphatic rings. The van der Waals surface area contributed by atoms with E-state index in [-0.39, 0.29) is 12.3 Å². The van der Waals surface area contributed by atoms with E-state index in [1.165, 1.54) is 12.1 Å². The van der Waals surface area contributed by atoms with Gasteiger partial charge in [-0.25, -0.2) is 0 Å². The second kappa shape index (κ2) is 5.07. The van der Waals surface area contributed by atoms with Crippen LogP contribution in [-0.2, 0) is 6.61 Å². The highest BCUT2D eigenvalue weighted by Crippen LogP contribution is 2.19. The Hall–Kier alpha value is -1.94. The van der Waals surface area contributed by atoms with Crippen LogP contribution in [0.15, 0.2) is 36.9 Å². The van der Waals surface area contributed by atoms with Gasteiger partial charge < -0.3 is 5.11 Å². The van der Waals surface area contributed by atoms with Gasteiger partial charge in [0.1, 0.15) is 0 Å². The van der Waals surface area contributed by atoms with Gasteiger partial charge in [-0.1, -0.05) is 24.8 Å². The topological polar surface area (TPSA) is 63.4 Å². The summed E-state index contributed by atoms with van der Waals surface area (Å²) in [5.74, 6) is 0. The van der Waals surface area contributed by atoms with Crippen molar-refractivity contribution in [3.8, 4) is 0 Å². The smallest absolute Gasteiger partial charge is 0.270 e. The van der Waals surface area contributed by atoms with E-state index in [0.717, 1.165) is 0 Å². The number of hydrogen-bond acceptors (Lipinski definition) is 3. The van der Waals surface area contributed by atoms with Crippen LogP contribution in [0.4, 0.5) is 5.69 Å². The molecule has 0 saturated carbocycles. The van der Waals surface area contributed by atoms with E-state index in [1.54, 1.807) is 24.3 Å². The fraction of sp³-hybridized carbons (Fsp3) is 0.0909. The molecule has 0 radical (unpaired) electrons. The van der Waals surface area contributed by atoms with E-state index < -0.39 is 4.92 Å². The quantitative estimate of drug-likeness (QED) is 0.466. The van der Waals surface area contributed by atoms with Crippen LogP contribution in [0.3, 0.4) is 0 Å². The SMILES string of the molecule is C=C/C=C/c1cc([N+](=O)[O-])ccc1CO. The van der Waals surface area contributed by atoms with Gasteiger partial charge in [0, 0.05) is 12.1 Å². The summed E-state index contributed by atoms with van der Waals surface area (Å²) in [6.45, 7) is 3.36. The third-order valence-corrected chi connectivity index (χ3v) is 1.92. The summed E-state index contributed by atoms with van der Waals surface area (Å²) < 4.78 is 0. The van der Waals surface area contributed by atoms with Crippen molar-refractivity contribution in [2.75, 3.05) is 0 Å². The Bertz CT molecular complexity index is 410. The van der Waals surface area contributed by atoms with Gasteiger partial charge in [0.15, 0.2) is 0 Å². The average molecular weight is 205 g/mol. The lowest BCUT2D eigenvalue weighted by Gasteiger charge is -2.01. The van der Waals surface area contributed by atoms with E-state index in [9.17, 15) is 10.1 Å². The Morgan fingerprint density at radius 1 is 1.53 bits per heavy atom. The predicted molar refractivity (Wildman–Crippen MR) is 58.3 cm³/mol. The number of nitro groups is 1. The fourth-order valence-electron chi connectivity index (χ4n) is 1.17. The molecular weight excluding hydrogens is 194 g/mol. The average Bonchev–Trinajstić information content (AvgIpc) is 2.25.